The van der Waals surface area contributed by atoms with Crippen LogP contribution in [-0.4, -0.2) is 23.0 Å². The smallest absolute Gasteiger partial charge is 0.303 e. The van der Waals surface area contributed by atoms with Crippen LogP contribution in [0.3, 0.4) is 0 Å². The third-order valence-electron chi connectivity index (χ3n) is 0.503. The van der Waals surface area contributed by atoms with Crippen LogP contribution in [-0.2, 0) is 9.53 Å². The van der Waals surface area contributed by atoms with Gasteiger partial charge in [-0.15, -0.1) is 0 Å². The molecule has 0 aromatic carbocycles. The highest BCUT2D eigenvalue weighted by molar-refractivity contribution is 6.65. The van der Waals surface area contributed by atoms with Gasteiger partial charge in [0.1, 0.15) is 6.61 Å². The van der Waals surface area contributed by atoms with Gasteiger partial charge in [0.2, 0.25) is 0 Å². The summed E-state index contributed by atoms with van der Waals surface area (Å²) in [6, 6.07) is 0. The molecule has 0 heterocycles. The Morgan fingerprint density at radius 1 is 1.89 bits per heavy atom. The highest BCUT2D eigenvalue weighted by Crippen LogP contribution is 1.85. The lowest BCUT2D eigenvalue weighted by atomic mass is 10.7. The molecule has 0 saturated carbocycles. The van der Waals surface area contributed by atoms with Crippen LogP contribution < -0.4 is 0 Å². The minimum atomic E-state index is -0.461. The predicted octanol–water partition coefficient (Wildman–Crippen LogP) is 0.576. The van der Waals surface area contributed by atoms with E-state index in [1.165, 1.54) is 6.92 Å². The minimum Gasteiger partial charge on any atom is -0.458 e. The quantitative estimate of drug-likeness (QED) is 0.272. The van der Waals surface area contributed by atoms with Crippen molar-refractivity contribution in [2.24, 2.45) is 5.16 Å². The van der Waals surface area contributed by atoms with E-state index in [0.717, 1.165) is 0 Å². The Labute approximate surface area is 57.1 Å². The molecule has 0 amide bonds. The molecule has 5 heteroatoms. The van der Waals surface area contributed by atoms with Gasteiger partial charge in [0.15, 0.2) is 5.17 Å². The highest BCUT2D eigenvalue weighted by atomic mass is 35.5. The maximum Gasteiger partial charge on any atom is 0.303 e. The van der Waals surface area contributed by atoms with Gasteiger partial charge in [0, 0.05) is 6.92 Å². The zero-order valence-corrected chi connectivity index (χ0v) is 5.55. The van der Waals surface area contributed by atoms with Gasteiger partial charge in [0.25, 0.3) is 0 Å². The number of nitrogens with zero attached hydrogens (tertiary/aromatic N) is 1. The highest BCUT2D eigenvalue weighted by Gasteiger charge is 1.96. The second-order valence-corrected chi connectivity index (χ2v) is 1.69. The molecule has 1 N–H and O–H groups in total. The van der Waals surface area contributed by atoms with Crippen molar-refractivity contribution in [3.8, 4) is 0 Å². The molecule has 0 spiro atoms. The normalized spacial score (nSPS) is 11.1. The summed E-state index contributed by atoms with van der Waals surface area (Å²) < 4.78 is 4.33. The molecule has 0 atom stereocenters. The molecule has 0 bridgehead atoms. The molecule has 0 rings (SSSR count). The van der Waals surface area contributed by atoms with Crippen molar-refractivity contribution in [1.29, 1.82) is 0 Å². The summed E-state index contributed by atoms with van der Waals surface area (Å²) in [7, 11) is 0. The summed E-state index contributed by atoms with van der Waals surface area (Å²) in [4.78, 5) is 10.0. The van der Waals surface area contributed by atoms with Crippen LogP contribution in [0.4, 0.5) is 0 Å². The number of carbonyl (C=O) groups excluding carboxylic acids is 1. The second-order valence-electron chi connectivity index (χ2n) is 1.26. The van der Waals surface area contributed by atoms with Crippen LogP contribution in [0, 0.1) is 0 Å². The number of hydrogen-bond acceptors (Lipinski definition) is 4. The maximum absolute atomic E-state index is 10.0. The lowest BCUT2D eigenvalue weighted by Crippen LogP contribution is -2.06. The van der Waals surface area contributed by atoms with Crippen LogP contribution in [0.1, 0.15) is 6.92 Å². The number of hydrogen-bond donors (Lipinski definition) is 1. The monoisotopic (exact) mass is 151 g/mol. The van der Waals surface area contributed by atoms with Crippen LogP contribution in [0.5, 0.6) is 0 Å². The van der Waals surface area contributed by atoms with E-state index in [-0.39, 0.29) is 11.8 Å². The fourth-order valence-corrected chi connectivity index (χ4v) is 0.245. The Morgan fingerprint density at radius 3 is 2.78 bits per heavy atom. The molecule has 4 nitrogen and oxygen atoms in total. The van der Waals surface area contributed by atoms with E-state index in [9.17, 15) is 4.79 Å². The summed E-state index contributed by atoms with van der Waals surface area (Å²) in [6.45, 7) is 1.06. The molecular formula is C4H6ClNO3. The van der Waals surface area contributed by atoms with E-state index in [4.69, 9.17) is 16.8 Å². The van der Waals surface area contributed by atoms with Gasteiger partial charge >= 0.3 is 5.97 Å². The molecule has 9 heavy (non-hydrogen) atoms. The van der Waals surface area contributed by atoms with Gasteiger partial charge in [-0.25, -0.2) is 0 Å². The predicted molar refractivity (Wildman–Crippen MR) is 31.7 cm³/mol. The first kappa shape index (κ1) is 8.23. The van der Waals surface area contributed by atoms with Crippen LogP contribution in [0.2, 0.25) is 0 Å². The second kappa shape index (κ2) is 4.14. The molecule has 0 aromatic heterocycles. The number of carbonyl (C=O) groups is 1. The minimum absolute atomic E-state index is 0.148. The van der Waals surface area contributed by atoms with Crippen molar-refractivity contribution in [3.63, 3.8) is 0 Å². The zero-order valence-electron chi connectivity index (χ0n) is 4.80. The Kier molecular flexibility index (Phi) is 3.79. The van der Waals surface area contributed by atoms with Crippen molar-refractivity contribution < 1.29 is 14.7 Å². The van der Waals surface area contributed by atoms with Crippen molar-refractivity contribution in [1.82, 2.24) is 0 Å². The fourth-order valence-electron chi connectivity index (χ4n) is 0.190. The SMILES string of the molecule is CC(=O)OC/C(Cl)=N\O. The van der Waals surface area contributed by atoms with Gasteiger partial charge in [-0.1, -0.05) is 16.8 Å². The van der Waals surface area contributed by atoms with E-state index in [1.54, 1.807) is 0 Å². The maximum atomic E-state index is 10.0. The Morgan fingerprint density at radius 2 is 2.44 bits per heavy atom. The standard InChI is InChI=1S/C4H6ClNO3/c1-3(7)9-2-4(5)6-8/h8H,2H2,1H3/b6-4+. The summed E-state index contributed by atoms with van der Waals surface area (Å²) in [5, 5.41) is 10.3. The molecule has 0 radical (unpaired) electrons. The van der Waals surface area contributed by atoms with Gasteiger partial charge in [-0.05, 0) is 0 Å². The molecule has 0 aliphatic heterocycles. The first-order valence-corrected chi connectivity index (χ1v) is 2.54. The molecule has 0 unspecified atom stereocenters. The summed E-state index contributed by atoms with van der Waals surface area (Å²) in [6.07, 6.45) is 0. The lowest BCUT2D eigenvalue weighted by molar-refractivity contribution is -0.139. The molecule has 52 valence electrons. The van der Waals surface area contributed by atoms with Gasteiger partial charge in [-0.3, -0.25) is 4.79 Å². The summed E-state index contributed by atoms with van der Waals surface area (Å²) in [5.41, 5.74) is 0. The molecule has 0 saturated heterocycles. The van der Waals surface area contributed by atoms with E-state index in [0.29, 0.717) is 0 Å². The van der Waals surface area contributed by atoms with E-state index >= 15 is 0 Å². The Bertz CT molecular complexity index is 134. The first-order chi connectivity index (χ1) is 4.16. The number of halogens is 1. The third kappa shape index (κ3) is 5.10. The average molecular weight is 152 g/mol. The van der Waals surface area contributed by atoms with Crippen molar-refractivity contribution in [2.75, 3.05) is 6.61 Å². The van der Waals surface area contributed by atoms with E-state index in [1.807, 2.05) is 0 Å². The first-order valence-electron chi connectivity index (χ1n) is 2.16. The third-order valence-corrected chi connectivity index (χ3v) is 0.688. The van der Waals surface area contributed by atoms with Crippen LogP contribution in [0.25, 0.3) is 0 Å². The summed E-state index contributed by atoms with van der Waals surface area (Å²) in [5.74, 6) is -0.461. The number of esters is 1. The molecule has 0 aromatic rings. The van der Waals surface area contributed by atoms with Crippen LogP contribution >= 0.6 is 11.6 Å². The van der Waals surface area contributed by atoms with Crippen molar-refractivity contribution in [2.45, 2.75) is 6.92 Å². The van der Waals surface area contributed by atoms with E-state index < -0.39 is 5.97 Å². The largest absolute Gasteiger partial charge is 0.458 e. The van der Waals surface area contributed by atoms with Crippen molar-refractivity contribution >= 4 is 22.7 Å². The summed E-state index contributed by atoms with van der Waals surface area (Å²) >= 11 is 5.13. The van der Waals surface area contributed by atoms with Crippen molar-refractivity contribution in [3.05, 3.63) is 0 Å². The lowest BCUT2D eigenvalue weighted by Gasteiger charge is -1.95. The van der Waals surface area contributed by atoms with E-state index in [2.05, 4.69) is 9.89 Å². The Hall–Kier alpha value is -0.770. The topological polar surface area (TPSA) is 58.9 Å². The van der Waals surface area contributed by atoms with Gasteiger partial charge in [-0.2, -0.15) is 0 Å². The number of rotatable bonds is 2. The molecular weight excluding hydrogens is 146 g/mol. The molecule has 0 aliphatic carbocycles. The number of oxime groups is 1. The Balaban J connectivity index is 3.39. The molecule has 0 aliphatic rings. The van der Waals surface area contributed by atoms with Crippen LogP contribution in [0.15, 0.2) is 5.16 Å². The fraction of sp³-hybridized carbons (Fsp3) is 0.500. The van der Waals surface area contributed by atoms with Gasteiger partial charge in [0.05, 0.1) is 0 Å². The zero-order chi connectivity index (χ0) is 7.28. The molecule has 0 fully saturated rings. The number of ether oxygens (including phenoxy) is 1. The van der Waals surface area contributed by atoms with Gasteiger partial charge < -0.3 is 9.94 Å². The average Bonchev–Trinajstić information content (AvgIpc) is 1.83.